The number of hydrogen-bond donors (Lipinski definition) is 1. The number of rotatable bonds is 1. The maximum absolute atomic E-state index is 5.45. The van der Waals surface area contributed by atoms with Gasteiger partial charge >= 0.3 is 5.96 Å². The Morgan fingerprint density at radius 2 is 2.00 bits per heavy atom. The lowest BCUT2D eigenvalue weighted by Gasteiger charge is -2.17. The summed E-state index contributed by atoms with van der Waals surface area (Å²) >= 11 is 0. The number of morpholine rings is 1. The molecule has 0 saturated carbocycles. The lowest BCUT2D eigenvalue weighted by atomic mass is 10.3. The van der Waals surface area contributed by atoms with Gasteiger partial charge in [-0.1, -0.05) is 23.2 Å². The van der Waals surface area contributed by atoms with E-state index in [1.165, 1.54) is 12.3 Å². The van der Waals surface area contributed by atoms with E-state index in [-0.39, 0.29) is 0 Å². The van der Waals surface area contributed by atoms with Crippen molar-refractivity contribution < 1.29 is 9.31 Å². The summed E-state index contributed by atoms with van der Waals surface area (Å²) in [5, 5.41) is 3.47. The second-order valence-corrected chi connectivity index (χ2v) is 5.47. The monoisotopic (exact) mass is 287 g/mol. The predicted molar refractivity (Wildman–Crippen MR) is 85.2 cm³/mol. The van der Waals surface area contributed by atoms with Crippen molar-refractivity contribution in [1.29, 1.82) is 0 Å². The largest absolute Gasteiger partial charge is 0.393 e. The second-order valence-electron chi connectivity index (χ2n) is 5.47. The summed E-state index contributed by atoms with van der Waals surface area (Å²) in [6, 6.07) is 10.2. The van der Waals surface area contributed by atoms with Gasteiger partial charge in [0.1, 0.15) is 0 Å². The number of hydrogen-bond acceptors (Lipinski definition) is 1. The van der Waals surface area contributed by atoms with E-state index in [9.17, 15) is 0 Å². The molecule has 0 aromatic heterocycles. The van der Waals surface area contributed by atoms with Gasteiger partial charge in [0.15, 0.2) is 5.84 Å². The molecule has 2 saturated heterocycles. The van der Waals surface area contributed by atoms with E-state index in [0.717, 1.165) is 50.9 Å². The van der Waals surface area contributed by atoms with Gasteiger partial charge < -0.3 is 9.64 Å². The van der Waals surface area contributed by atoms with Crippen molar-refractivity contribution in [3.63, 3.8) is 0 Å². The molecule has 2 heterocycles. The van der Waals surface area contributed by atoms with Crippen LogP contribution in [0.4, 0.5) is 5.69 Å². The first-order valence-corrected chi connectivity index (χ1v) is 7.63. The van der Waals surface area contributed by atoms with Crippen LogP contribution in [0, 0.1) is 0 Å². The van der Waals surface area contributed by atoms with Gasteiger partial charge in [-0.3, -0.25) is 4.58 Å². The lowest BCUT2D eigenvalue weighted by Crippen LogP contribution is -2.36. The number of aliphatic imine (C=N–C) groups is 1. The van der Waals surface area contributed by atoms with Crippen molar-refractivity contribution in [2.45, 2.75) is 12.8 Å². The number of ether oxygens (including phenoxy) is 1. The molecule has 0 bridgehead atoms. The summed E-state index contributed by atoms with van der Waals surface area (Å²) in [4.78, 5) is 7.14. The normalized spacial score (nSPS) is 20.9. The molecule has 3 rings (SSSR count). The standard InChI is InChI=1S/C16H22N4O/c1-19-9-5-8-15(19)18-16(20-10-12-21-13-11-20)17-14-6-3-2-4-7-14/h2-4,6-7H,5,8-13H2,1H3/p+1. The third-order valence-corrected chi connectivity index (χ3v) is 3.91. The highest BCUT2D eigenvalue weighted by atomic mass is 16.5. The third-order valence-electron chi connectivity index (χ3n) is 3.91. The Balaban J connectivity index is 1.87. The molecule has 2 aliphatic heterocycles. The molecule has 0 radical (unpaired) electrons. The highest BCUT2D eigenvalue weighted by molar-refractivity contribution is 6.00. The van der Waals surface area contributed by atoms with Crippen LogP contribution in [0.15, 0.2) is 35.3 Å². The van der Waals surface area contributed by atoms with Gasteiger partial charge in [-0.2, -0.15) is 0 Å². The minimum atomic E-state index is 0.765. The lowest BCUT2D eigenvalue weighted by molar-refractivity contribution is -0.549. The number of likely N-dealkylation sites (tertiary alicyclic amines) is 1. The van der Waals surface area contributed by atoms with Crippen molar-refractivity contribution in [1.82, 2.24) is 4.90 Å². The van der Waals surface area contributed by atoms with Gasteiger partial charge in [0, 0.05) is 20.0 Å². The van der Waals surface area contributed by atoms with Gasteiger partial charge in [0.05, 0.1) is 32.0 Å². The van der Waals surface area contributed by atoms with Crippen molar-refractivity contribution in [2.75, 3.05) is 45.2 Å². The molecule has 0 amide bonds. The molecule has 1 aromatic rings. The van der Waals surface area contributed by atoms with E-state index in [1.807, 2.05) is 18.2 Å². The Morgan fingerprint density at radius 3 is 2.67 bits per heavy atom. The van der Waals surface area contributed by atoms with E-state index in [2.05, 4.69) is 34.0 Å². The van der Waals surface area contributed by atoms with E-state index in [4.69, 9.17) is 9.73 Å². The van der Waals surface area contributed by atoms with E-state index < -0.39 is 0 Å². The van der Waals surface area contributed by atoms with Gasteiger partial charge in [-0.25, -0.2) is 5.32 Å². The molecule has 0 unspecified atom stereocenters. The minimum Gasteiger partial charge on any atom is -0.375 e. The summed E-state index contributed by atoms with van der Waals surface area (Å²) in [5.41, 5.74) is 1.07. The molecule has 0 spiro atoms. The first kappa shape index (κ1) is 14.1. The van der Waals surface area contributed by atoms with Crippen LogP contribution in [0.2, 0.25) is 0 Å². The Morgan fingerprint density at radius 1 is 1.24 bits per heavy atom. The van der Waals surface area contributed by atoms with Crippen LogP contribution in [0.25, 0.3) is 0 Å². The zero-order valence-electron chi connectivity index (χ0n) is 12.6. The summed E-state index contributed by atoms with van der Waals surface area (Å²) in [5.74, 6) is 2.10. The zero-order valence-corrected chi connectivity index (χ0v) is 12.6. The Kier molecular flexibility index (Phi) is 4.50. The summed E-state index contributed by atoms with van der Waals surface area (Å²) in [7, 11) is 2.12. The molecule has 112 valence electrons. The highest BCUT2D eigenvalue weighted by Gasteiger charge is 2.23. The predicted octanol–water partition coefficient (Wildman–Crippen LogP) is 1.62. The number of guanidine groups is 1. The van der Waals surface area contributed by atoms with Crippen molar-refractivity contribution >= 4 is 17.5 Å². The van der Waals surface area contributed by atoms with Crippen LogP contribution in [0.1, 0.15) is 12.8 Å². The molecule has 0 atom stereocenters. The molecule has 5 heteroatoms. The molecule has 1 aromatic carbocycles. The highest BCUT2D eigenvalue weighted by Crippen LogP contribution is 2.11. The van der Waals surface area contributed by atoms with E-state index in [0.29, 0.717) is 0 Å². The SMILES string of the molecule is CN1CCCC1=NC(Nc1ccccc1)=[N+]1CCOCC1. The number of benzene rings is 1. The Hall–Kier alpha value is -1.88. The topological polar surface area (TPSA) is 39.9 Å². The van der Waals surface area contributed by atoms with Crippen LogP contribution >= 0.6 is 0 Å². The van der Waals surface area contributed by atoms with Crippen LogP contribution in [-0.2, 0) is 4.74 Å². The minimum absolute atomic E-state index is 0.765. The molecule has 5 nitrogen and oxygen atoms in total. The van der Waals surface area contributed by atoms with Gasteiger partial charge in [0.25, 0.3) is 0 Å². The Bertz CT molecular complexity index is 530. The van der Waals surface area contributed by atoms with E-state index >= 15 is 0 Å². The van der Waals surface area contributed by atoms with Crippen LogP contribution in [0.3, 0.4) is 0 Å². The number of anilines is 1. The maximum Gasteiger partial charge on any atom is 0.393 e. The average Bonchev–Trinajstić information content (AvgIpc) is 2.94. The van der Waals surface area contributed by atoms with Gasteiger partial charge in [0.2, 0.25) is 0 Å². The van der Waals surface area contributed by atoms with Crippen LogP contribution in [0.5, 0.6) is 0 Å². The summed E-state index contributed by atoms with van der Waals surface area (Å²) in [6.45, 7) is 4.40. The smallest absolute Gasteiger partial charge is 0.375 e. The molecule has 1 N–H and O–H groups in total. The third kappa shape index (κ3) is 3.61. The quantitative estimate of drug-likeness (QED) is 0.630. The van der Waals surface area contributed by atoms with Gasteiger partial charge in [-0.05, 0) is 18.6 Å². The molecular formula is C16H23N4O+. The Labute approximate surface area is 125 Å². The molecule has 2 aliphatic rings. The number of amidine groups is 1. The molecule has 2 fully saturated rings. The van der Waals surface area contributed by atoms with Gasteiger partial charge in [-0.15, -0.1) is 0 Å². The van der Waals surface area contributed by atoms with Crippen molar-refractivity contribution in [3.05, 3.63) is 30.3 Å². The van der Waals surface area contributed by atoms with Crippen molar-refractivity contribution in [2.24, 2.45) is 4.99 Å². The first-order chi connectivity index (χ1) is 10.3. The maximum atomic E-state index is 5.45. The number of nitrogens with zero attached hydrogens (tertiary/aromatic N) is 3. The van der Waals surface area contributed by atoms with Crippen molar-refractivity contribution in [3.8, 4) is 0 Å². The number of para-hydroxylation sites is 1. The fourth-order valence-corrected chi connectivity index (χ4v) is 2.66. The zero-order chi connectivity index (χ0) is 14.5. The fourth-order valence-electron chi connectivity index (χ4n) is 2.66. The second kappa shape index (κ2) is 6.72. The van der Waals surface area contributed by atoms with Crippen LogP contribution in [-0.4, -0.2) is 61.2 Å². The number of nitrogens with one attached hydrogen (secondary N) is 1. The van der Waals surface area contributed by atoms with Crippen LogP contribution < -0.4 is 5.32 Å². The molecule has 21 heavy (non-hydrogen) atoms. The summed E-state index contributed by atoms with van der Waals surface area (Å²) in [6.07, 6.45) is 2.25. The fraction of sp³-hybridized carbons (Fsp3) is 0.500. The molecular weight excluding hydrogens is 264 g/mol. The summed E-state index contributed by atoms with van der Waals surface area (Å²) < 4.78 is 7.72. The van der Waals surface area contributed by atoms with E-state index in [1.54, 1.807) is 0 Å². The average molecular weight is 287 g/mol. The first-order valence-electron chi connectivity index (χ1n) is 7.63. The molecule has 0 aliphatic carbocycles.